The van der Waals surface area contributed by atoms with Crippen molar-refractivity contribution in [1.82, 2.24) is 0 Å². The number of carbonyl (C=O) groups excluding carboxylic acids is 2. The van der Waals surface area contributed by atoms with E-state index in [1.165, 1.54) is 173 Å². The molecule has 10 nitrogen and oxygen atoms in total. The van der Waals surface area contributed by atoms with Crippen molar-refractivity contribution >= 4 is 11.9 Å². The van der Waals surface area contributed by atoms with Crippen LogP contribution < -0.4 is 0 Å². The number of hydrogen-bond acceptors (Lipinski definition) is 10. The van der Waals surface area contributed by atoms with Crippen LogP contribution in [0.3, 0.4) is 0 Å². The van der Waals surface area contributed by atoms with E-state index in [1.54, 1.807) is 0 Å². The van der Waals surface area contributed by atoms with Gasteiger partial charge in [-0.05, 0) is 38.5 Å². The van der Waals surface area contributed by atoms with E-state index in [4.69, 9.17) is 18.9 Å². The van der Waals surface area contributed by atoms with Gasteiger partial charge < -0.3 is 39.4 Å². The predicted octanol–water partition coefficient (Wildman–Crippen LogP) is 11.9. The second-order valence-electron chi connectivity index (χ2n) is 18.0. The molecule has 0 aromatic heterocycles. The number of aliphatic hydroxyl groups is 4. The van der Waals surface area contributed by atoms with Crippen molar-refractivity contribution in [2.75, 3.05) is 19.8 Å². The second-order valence-corrected chi connectivity index (χ2v) is 18.0. The minimum Gasteiger partial charge on any atom is -0.462 e. The van der Waals surface area contributed by atoms with Crippen molar-refractivity contribution in [2.24, 2.45) is 0 Å². The van der Waals surface area contributed by atoms with E-state index in [1.807, 2.05) is 0 Å². The fourth-order valence-electron chi connectivity index (χ4n) is 8.07. The van der Waals surface area contributed by atoms with Crippen LogP contribution in [0.15, 0.2) is 12.2 Å². The minimum atomic E-state index is -1.59. The first-order chi connectivity index (χ1) is 29.8. The van der Waals surface area contributed by atoms with Gasteiger partial charge in [-0.2, -0.15) is 0 Å². The Bertz CT molecular complexity index is 1010. The van der Waals surface area contributed by atoms with Crippen molar-refractivity contribution in [3.63, 3.8) is 0 Å². The van der Waals surface area contributed by atoms with Gasteiger partial charge in [-0.15, -0.1) is 0 Å². The van der Waals surface area contributed by atoms with Crippen LogP contribution in [0.4, 0.5) is 0 Å². The van der Waals surface area contributed by atoms with Gasteiger partial charge in [0.2, 0.25) is 0 Å². The summed E-state index contributed by atoms with van der Waals surface area (Å²) in [6.07, 6.45) is 39.3. The van der Waals surface area contributed by atoms with E-state index in [0.717, 1.165) is 38.5 Å². The van der Waals surface area contributed by atoms with Crippen LogP contribution in [0.2, 0.25) is 0 Å². The molecule has 0 saturated carbocycles. The monoisotopic (exact) mass is 869 g/mol. The summed E-state index contributed by atoms with van der Waals surface area (Å²) >= 11 is 0. The topological polar surface area (TPSA) is 152 Å². The fourth-order valence-corrected chi connectivity index (χ4v) is 8.07. The van der Waals surface area contributed by atoms with E-state index in [9.17, 15) is 30.0 Å². The molecule has 10 heteroatoms. The molecule has 1 rings (SSSR count). The number of allylic oxidation sites excluding steroid dienone is 2. The highest BCUT2D eigenvalue weighted by atomic mass is 16.7. The van der Waals surface area contributed by atoms with Crippen molar-refractivity contribution in [1.29, 1.82) is 0 Å². The highest BCUT2D eigenvalue weighted by Crippen LogP contribution is 2.23. The Labute approximate surface area is 373 Å². The third-order valence-electron chi connectivity index (χ3n) is 12.2. The van der Waals surface area contributed by atoms with Gasteiger partial charge in [-0.3, -0.25) is 9.59 Å². The lowest BCUT2D eigenvalue weighted by molar-refractivity contribution is -0.305. The maximum Gasteiger partial charge on any atom is 0.306 e. The normalized spacial score (nSPS) is 19.7. The lowest BCUT2D eigenvalue weighted by atomic mass is 9.99. The molecule has 61 heavy (non-hydrogen) atoms. The summed E-state index contributed by atoms with van der Waals surface area (Å²) in [4.78, 5) is 25.4. The largest absolute Gasteiger partial charge is 0.462 e. The van der Waals surface area contributed by atoms with Gasteiger partial charge in [0, 0.05) is 12.8 Å². The predicted molar refractivity (Wildman–Crippen MR) is 247 cm³/mol. The second kappa shape index (κ2) is 42.4. The number of esters is 2. The number of carbonyl (C=O) groups is 2. The van der Waals surface area contributed by atoms with Gasteiger partial charge in [-0.1, -0.05) is 206 Å². The summed E-state index contributed by atoms with van der Waals surface area (Å²) in [5.41, 5.74) is 0. The maximum atomic E-state index is 12.8. The van der Waals surface area contributed by atoms with Crippen LogP contribution in [0.25, 0.3) is 0 Å². The molecule has 0 bridgehead atoms. The lowest BCUT2D eigenvalue weighted by Gasteiger charge is -2.39. The first kappa shape index (κ1) is 57.5. The lowest BCUT2D eigenvalue weighted by Crippen LogP contribution is -2.59. The van der Waals surface area contributed by atoms with Crippen LogP contribution in [0, 0.1) is 0 Å². The number of rotatable bonds is 44. The van der Waals surface area contributed by atoms with E-state index in [0.29, 0.717) is 6.42 Å². The first-order valence-electron chi connectivity index (χ1n) is 25.8. The van der Waals surface area contributed by atoms with Crippen LogP contribution >= 0.6 is 0 Å². The molecule has 1 aliphatic heterocycles. The first-order valence-corrected chi connectivity index (χ1v) is 25.8. The Morgan fingerprint density at radius 3 is 1.28 bits per heavy atom. The summed E-state index contributed by atoms with van der Waals surface area (Å²) in [5, 5.41) is 40.2. The van der Waals surface area contributed by atoms with Gasteiger partial charge in [-0.25, -0.2) is 0 Å². The molecular formula is C51H96O10. The summed E-state index contributed by atoms with van der Waals surface area (Å²) in [6, 6.07) is 0. The Morgan fingerprint density at radius 2 is 0.869 bits per heavy atom. The summed E-state index contributed by atoms with van der Waals surface area (Å²) in [5.74, 6) is -0.794. The Hall–Kier alpha value is -1.56. The quantitative estimate of drug-likeness (QED) is 0.0264. The summed E-state index contributed by atoms with van der Waals surface area (Å²) in [7, 11) is 0. The molecule has 0 aromatic rings. The molecule has 0 amide bonds. The maximum absolute atomic E-state index is 12.8. The molecule has 0 radical (unpaired) electrons. The molecule has 1 fully saturated rings. The zero-order chi connectivity index (χ0) is 44.4. The number of unbranched alkanes of at least 4 members (excludes halogenated alkanes) is 31. The zero-order valence-corrected chi connectivity index (χ0v) is 39.4. The van der Waals surface area contributed by atoms with Gasteiger partial charge in [0.1, 0.15) is 31.0 Å². The molecule has 360 valence electrons. The number of ether oxygens (including phenoxy) is 4. The Morgan fingerprint density at radius 1 is 0.492 bits per heavy atom. The van der Waals surface area contributed by atoms with Crippen LogP contribution in [0.5, 0.6) is 0 Å². The van der Waals surface area contributed by atoms with Crippen molar-refractivity contribution < 1.29 is 49.0 Å². The van der Waals surface area contributed by atoms with Crippen LogP contribution in [-0.2, 0) is 28.5 Å². The summed E-state index contributed by atoms with van der Waals surface area (Å²) < 4.78 is 22.2. The molecule has 6 unspecified atom stereocenters. The van der Waals surface area contributed by atoms with E-state index >= 15 is 0 Å². The van der Waals surface area contributed by atoms with Gasteiger partial charge in [0.05, 0.1) is 13.2 Å². The smallest absolute Gasteiger partial charge is 0.306 e. The van der Waals surface area contributed by atoms with Crippen LogP contribution in [0.1, 0.15) is 245 Å². The number of hydrogen-bond donors (Lipinski definition) is 4. The van der Waals surface area contributed by atoms with Crippen LogP contribution in [-0.4, -0.2) is 89.0 Å². The molecule has 0 aromatic carbocycles. The summed E-state index contributed by atoms with van der Waals surface area (Å²) in [6.45, 7) is 3.46. The average molecular weight is 869 g/mol. The minimum absolute atomic E-state index is 0.212. The van der Waals surface area contributed by atoms with E-state index < -0.39 is 49.4 Å². The third-order valence-corrected chi connectivity index (χ3v) is 12.2. The number of aliphatic hydroxyl groups excluding tert-OH is 4. The van der Waals surface area contributed by atoms with Gasteiger partial charge in [0.15, 0.2) is 12.4 Å². The molecule has 0 spiro atoms. The molecule has 6 atom stereocenters. The molecule has 1 aliphatic rings. The molecule has 0 aliphatic carbocycles. The SMILES string of the molecule is CCCCCCCCCC/C=C\CCCCCCCCCCCC(=O)OC(COC(=O)CCCCCCCCCCCCCCCCC)COC1OC(CO)C(O)C(O)C1O. The van der Waals surface area contributed by atoms with E-state index in [2.05, 4.69) is 26.0 Å². The molecule has 1 saturated heterocycles. The average Bonchev–Trinajstić information content (AvgIpc) is 3.26. The van der Waals surface area contributed by atoms with E-state index in [-0.39, 0.29) is 32.0 Å². The Kier molecular flexibility index (Phi) is 39.9. The third kappa shape index (κ3) is 33.6. The standard InChI is InChI=1S/C51H96O10/c1-3-5-7-9-11-13-15-17-19-20-21-22-23-24-26-28-30-32-34-36-38-40-47(54)60-44(43-59-51-50(57)49(56)48(55)45(41-52)61-51)42-58-46(53)39-37-35-33-31-29-27-25-18-16-14-12-10-8-6-4-2/h20-21,44-45,48-52,55-57H,3-19,22-43H2,1-2H3/b21-20-. The Balaban J connectivity index is 2.24. The molecule has 1 heterocycles. The molecular weight excluding hydrogens is 773 g/mol. The van der Waals surface area contributed by atoms with Gasteiger partial charge >= 0.3 is 11.9 Å². The van der Waals surface area contributed by atoms with Crippen molar-refractivity contribution in [3.8, 4) is 0 Å². The van der Waals surface area contributed by atoms with Gasteiger partial charge in [0.25, 0.3) is 0 Å². The molecule has 4 N–H and O–H groups in total. The highest BCUT2D eigenvalue weighted by Gasteiger charge is 2.44. The van der Waals surface area contributed by atoms with Crippen molar-refractivity contribution in [2.45, 2.75) is 282 Å². The van der Waals surface area contributed by atoms with Crippen molar-refractivity contribution in [3.05, 3.63) is 12.2 Å². The zero-order valence-electron chi connectivity index (χ0n) is 39.4. The fraction of sp³-hybridized carbons (Fsp3) is 0.922. The highest BCUT2D eigenvalue weighted by molar-refractivity contribution is 5.70.